The van der Waals surface area contributed by atoms with Gasteiger partial charge in [-0.05, 0) is 25.0 Å². The molecule has 0 aliphatic carbocycles. The van der Waals surface area contributed by atoms with Crippen LogP contribution in [0.5, 0.6) is 0 Å². The van der Waals surface area contributed by atoms with Crippen molar-refractivity contribution in [2.24, 2.45) is 0 Å². The summed E-state index contributed by atoms with van der Waals surface area (Å²) in [6, 6.07) is 7.20. The van der Waals surface area contributed by atoms with Crippen molar-refractivity contribution in [2.75, 3.05) is 25.5 Å². The van der Waals surface area contributed by atoms with Crippen LogP contribution in [-0.4, -0.2) is 43.5 Å². The van der Waals surface area contributed by atoms with E-state index in [1.54, 1.807) is 23.9 Å². The number of hydrogen-bond donors (Lipinski definition) is 1. The quantitative estimate of drug-likeness (QED) is 0.469. The number of carbonyl (C=O) groups is 2. The Bertz CT molecular complexity index is 591. The van der Waals surface area contributed by atoms with Gasteiger partial charge in [-0.1, -0.05) is 18.1 Å². The summed E-state index contributed by atoms with van der Waals surface area (Å²) in [6.07, 6.45) is 7.41. The fourth-order valence-corrected chi connectivity index (χ4v) is 3.24. The number of carbonyl (C=O) groups excluding carboxylic acids is 2. The molecule has 1 amide bonds. The molecule has 1 aromatic rings. The Morgan fingerprint density at radius 3 is 3.00 bits per heavy atom. The molecule has 1 aliphatic rings. The lowest BCUT2D eigenvalue weighted by atomic mass is 10.2. The fraction of sp³-hybridized carbons (Fsp3) is 0.412. The Hall–Kier alpha value is -1.97. The third-order valence-corrected chi connectivity index (χ3v) is 4.48. The summed E-state index contributed by atoms with van der Waals surface area (Å²) in [7, 11) is 0. The molecule has 122 valence electrons. The average molecular weight is 333 g/mol. The van der Waals surface area contributed by atoms with E-state index in [2.05, 4.69) is 11.2 Å². The first-order valence-corrected chi connectivity index (χ1v) is 8.40. The molecular weight excluding hydrogens is 314 g/mol. The van der Waals surface area contributed by atoms with Crippen molar-refractivity contribution in [1.29, 1.82) is 0 Å². The highest BCUT2D eigenvalue weighted by atomic mass is 32.2. The Morgan fingerprint density at radius 1 is 1.43 bits per heavy atom. The van der Waals surface area contributed by atoms with Gasteiger partial charge in [0, 0.05) is 17.3 Å². The minimum Gasteiger partial charge on any atom is -0.452 e. The summed E-state index contributed by atoms with van der Waals surface area (Å²) in [6.45, 7) is 0.581. The molecule has 1 aromatic carbocycles. The SMILES string of the molecule is C#CCNC(=O)COC(=O)c1ccccc1SC[C@@H]1CCCO1. The van der Waals surface area contributed by atoms with E-state index in [-0.39, 0.29) is 19.3 Å². The Labute approximate surface area is 140 Å². The maximum absolute atomic E-state index is 12.2. The Balaban J connectivity index is 1.89. The number of thioether (sulfide) groups is 1. The monoisotopic (exact) mass is 333 g/mol. The van der Waals surface area contributed by atoms with E-state index in [0.717, 1.165) is 30.1 Å². The third kappa shape index (κ3) is 5.62. The molecule has 0 radical (unpaired) electrons. The second-order valence-corrected chi connectivity index (χ2v) is 6.06. The van der Waals surface area contributed by atoms with E-state index in [1.807, 2.05) is 12.1 Å². The minimum absolute atomic E-state index is 0.115. The molecule has 6 heteroatoms. The summed E-state index contributed by atoms with van der Waals surface area (Å²) >= 11 is 1.57. The second-order valence-electron chi connectivity index (χ2n) is 5.00. The van der Waals surface area contributed by atoms with Crippen molar-refractivity contribution >= 4 is 23.6 Å². The fourth-order valence-electron chi connectivity index (χ4n) is 2.13. The summed E-state index contributed by atoms with van der Waals surface area (Å²) in [5, 5.41) is 2.44. The molecule has 2 rings (SSSR count). The highest BCUT2D eigenvalue weighted by molar-refractivity contribution is 7.99. The van der Waals surface area contributed by atoms with Crippen molar-refractivity contribution < 1.29 is 19.1 Å². The number of amides is 1. The number of hydrogen-bond acceptors (Lipinski definition) is 5. The number of rotatable bonds is 7. The molecule has 5 nitrogen and oxygen atoms in total. The number of terminal acetylenes is 1. The van der Waals surface area contributed by atoms with E-state index in [0.29, 0.717) is 5.56 Å². The maximum atomic E-state index is 12.2. The van der Waals surface area contributed by atoms with Gasteiger partial charge in [0.15, 0.2) is 6.61 Å². The lowest BCUT2D eigenvalue weighted by molar-refractivity contribution is -0.123. The van der Waals surface area contributed by atoms with Crippen molar-refractivity contribution in [1.82, 2.24) is 5.32 Å². The summed E-state index contributed by atoms with van der Waals surface area (Å²) in [4.78, 5) is 24.4. The lowest BCUT2D eigenvalue weighted by Gasteiger charge is -2.12. The van der Waals surface area contributed by atoms with Crippen molar-refractivity contribution in [2.45, 2.75) is 23.8 Å². The smallest absolute Gasteiger partial charge is 0.339 e. The van der Waals surface area contributed by atoms with Gasteiger partial charge in [0.2, 0.25) is 0 Å². The van der Waals surface area contributed by atoms with Gasteiger partial charge in [0.1, 0.15) is 0 Å². The van der Waals surface area contributed by atoms with E-state index >= 15 is 0 Å². The summed E-state index contributed by atoms with van der Waals surface area (Å²) < 4.78 is 10.6. The molecule has 1 atom stereocenters. The first-order chi connectivity index (χ1) is 11.2. The highest BCUT2D eigenvalue weighted by Gasteiger charge is 2.18. The van der Waals surface area contributed by atoms with Gasteiger partial charge in [-0.2, -0.15) is 0 Å². The lowest BCUT2D eigenvalue weighted by Crippen LogP contribution is -2.29. The van der Waals surface area contributed by atoms with Gasteiger partial charge in [0.25, 0.3) is 5.91 Å². The van der Waals surface area contributed by atoms with Crippen molar-refractivity contribution in [3.8, 4) is 12.3 Å². The zero-order valence-electron chi connectivity index (χ0n) is 12.7. The van der Waals surface area contributed by atoms with E-state index in [1.165, 1.54) is 0 Å². The van der Waals surface area contributed by atoms with Gasteiger partial charge in [-0.25, -0.2) is 4.79 Å². The van der Waals surface area contributed by atoms with Crippen molar-refractivity contribution in [3.05, 3.63) is 29.8 Å². The van der Waals surface area contributed by atoms with Gasteiger partial charge in [-0.3, -0.25) is 4.79 Å². The van der Waals surface area contributed by atoms with Gasteiger partial charge in [0.05, 0.1) is 18.2 Å². The molecule has 0 bridgehead atoms. The molecule has 23 heavy (non-hydrogen) atoms. The van der Waals surface area contributed by atoms with Crippen LogP contribution < -0.4 is 5.32 Å². The number of ether oxygens (including phenoxy) is 2. The van der Waals surface area contributed by atoms with Crippen LogP contribution in [0, 0.1) is 12.3 Å². The molecule has 0 saturated carbocycles. The Morgan fingerprint density at radius 2 is 2.26 bits per heavy atom. The molecule has 1 N–H and O–H groups in total. The standard InChI is InChI=1S/C17H19NO4S/c1-2-9-18-16(19)11-22-17(20)14-7-3-4-8-15(14)23-12-13-6-5-10-21-13/h1,3-4,7-8,13H,5-6,9-12H2,(H,18,19)/t13-/m0/s1. The first kappa shape index (κ1) is 17.4. The predicted octanol–water partition coefficient (Wildman–Crippen LogP) is 1.86. The molecular formula is C17H19NO4S. The van der Waals surface area contributed by atoms with Gasteiger partial charge < -0.3 is 14.8 Å². The van der Waals surface area contributed by atoms with Crippen LogP contribution in [0.25, 0.3) is 0 Å². The van der Waals surface area contributed by atoms with E-state index in [4.69, 9.17) is 15.9 Å². The minimum atomic E-state index is -0.517. The summed E-state index contributed by atoms with van der Waals surface area (Å²) in [5.41, 5.74) is 0.459. The van der Waals surface area contributed by atoms with Crippen molar-refractivity contribution in [3.63, 3.8) is 0 Å². The van der Waals surface area contributed by atoms with Crippen LogP contribution in [0.3, 0.4) is 0 Å². The van der Waals surface area contributed by atoms with Crippen LogP contribution in [0.4, 0.5) is 0 Å². The number of esters is 1. The molecule has 1 aliphatic heterocycles. The van der Waals surface area contributed by atoms with Gasteiger partial charge >= 0.3 is 5.97 Å². The van der Waals surface area contributed by atoms with Crippen LogP contribution >= 0.6 is 11.8 Å². The highest BCUT2D eigenvalue weighted by Crippen LogP contribution is 2.27. The first-order valence-electron chi connectivity index (χ1n) is 7.41. The van der Waals surface area contributed by atoms with Crippen LogP contribution in [0.2, 0.25) is 0 Å². The normalized spacial score (nSPS) is 16.6. The van der Waals surface area contributed by atoms with Crippen LogP contribution in [0.1, 0.15) is 23.2 Å². The zero-order valence-corrected chi connectivity index (χ0v) is 13.6. The van der Waals surface area contributed by atoms with E-state index in [9.17, 15) is 9.59 Å². The van der Waals surface area contributed by atoms with Gasteiger partial charge in [-0.15, -0.1) is 18.2 Å². The van der Waals surface area contributed by atoms with Crippen LogP contribution in [-0.2, 0) is 14.3 Å². The number of benzene rings is 1. The molecule has 1 fully saturated rings. The zero-order chi connectivity index (χ0) is 16.5. The molecule has 1 saturated heterocycles. The Kier molecular flexibility index (Phi) is 6.98. The molecule has 0 spiro atoms. The third-order valence-electron chi connectivity index (χ3n) is 3.28. The largest absolute Gasteiger partial charge is 0.452 e. The second kappa shape index (κ2) is 9.23. The maximum Gasteiger partial charge on any atom is 0.339 e. The molecule has 0 unspecified atom stereocenters. The predicted molar refractivity (Wildman–Crippen MR) is 88.3 cm³/mol. The van der Waals surface area contributed by atoms with E-state index < -0.39 is 11.9 Å². The van der Waals surface area contributed by atoms with Crippen LogP contribution in [0.15, 0.2) is 29.2 Å². The summed E-state index contributed by atoms with van der Waals surface area (Å²) in [5.74, 6) is 2.15. The molecule has 0 aromatic heterocycles. The average Bonchev–Trinajstić information content (AvgIpc) is 3.09. The topological polar surface area (TPSA) is 64.6 Å². The number of nitrogens with one attached hydrogen (secondary N) is 1. The molecule has 1 heterocycles.